The average Bonchev–Trinajstić information content (AvgIpc) is 2.42. The first-order valence-corrected chi connectivity index (χ1v) is 5.72. The van der Waals surface area contributed by atoms with Gasteiger partial charge in [0.05, 0.1) is 11.8 Å². The molecule has 0 unspecified atom stereocenters. The maximum Gasteiger partial charge on any atom is 0.200 e. The molecular weight excluding hydrogens is 281 g/mol. The molecule has 1 aromatic rings. The van der Waals surface area contributed by atoms with Crippen LogP contribution in [0.4, 0.5) is 22.0 Å². The van der Waals surface area contributed by atoms with Gasteiger partial charge in [-0.2, -0.15) is 0 Å². The summed E-state index contributed by atoms with van der Waals surface area (Å²) in [7, 11) is 0. The van der Waals surface area contributed by atoms with Crippen LogP contribution >= 0.6 is 0 Å². The number of rotatable bonds is 5. The van der Waals surface area contributed by atoms with E-state index < -0.39 is 41.3 Å². The highest BCUT2D eigenvalue weighted by Crippen LogP contribution is 2.23. The van der Waals surface area contributed by atoms with E-state index in [1.165, 1.54) is 6.21 Å². The van der Waals surface area contributed by atoms with Crippen LogP contribution in [-0.4, -0.2) is 6.21 Å². The van der Waals surface area contributed by atoms with E-state index in [0.29, 0.717) is 0 Å². The van der Waals surface area contributed by atoms with Crippen molar-refractivity contribution in [2.24, 2.45) is 5.16 Å². The van der Waals surface area contributed by atoms with Crippen LogP contribution in [0.5, 0.6) is 0 Å². The Morgan fingerprint density at radius 2 is 1.50 bits per heavy atom. The molecule has 0 saturated carbocycles. The molecule has 2 nitrogen and oxygen atoms in total. The summed E-state index contributed by atoms with van der Waals surface area (Å²) in [4.78, 5) is 4.54. The number of nitrogens with zero attached hydrogens (tertiary/aromatic N) is 1. The number of oxime groups is 1. The first-order chi connectivity index (χ1) is 9.40. The Labute approximate surface area is 112 Å². The highest BCUT2D eigenvalue weighted by molar-refractivity contribution is 5.76. The van der Waals surface area contributed by atoms with Gasteiger partial charge in [-0.1, -0.05) is 18.2 Å². The van der Waals surface area contributed by atoms with Crippen molar-refractivity contribution in [3.8, 4) is 0 Å². The molecule has 0 aliphatic carbocycles. The van der Waals surface area contributed by atoms with E-state index >= 15 is 0 Å². The summed E-state index contributed by atoms with van der Waals surface area (Å²) in [6, 6.07) is 0. The summed E-state index contributed by atoms with van der Waals surface area (Å²) in [5.41, 5.74) is -0.319. The molecule has 0 bridgehead atoms. The molecule has 0 aromatic heterocycles. The zero-order valence-corrected chi connectivity index (χ0v) is 10.8. The second-order valence-corrected chi connectivity index (χ2v) is 3.91. The van der Waals surface area contributed by atoms with E-state index in [0.717, 1.165) is 12.0 Å². The number of benzene rings is 1. The van der Waals surface area contributed by atoms with Gasteiger partial charge in [0.25, 0.3) is 0 Å². The van der Waals surface area contributed by atoms with Gasteiger partial charge in [-0.05, 0) is 18.9 Å². The molecular formula is C13H12F5NO. The standard InChI is InChI=1S/C13H12F5NO/c1-3-4-7(2)5-19-20-6-8-9(14)11(16)13(18)12(17)10(8)15/h4-5H,3,6H2,1-2H3/b7-4+,19-5+. The van der Waals surface area contributed by atoms with Crippen molar-refractivity contribution in [3.05, 3.63) is 46.3 Å². The fourth-order valence-electron chi connectivity index (χ4n) is 1.37. The zero-order chi connectivity index (χ0) is 15.3. The predicted octanol–water partition coefficient (Wildman–Crippen LogP) is 4.24. The SMILES string of the molecule is CC/C=C(C)/C=N/OCc1c(F)c(F)c(F)c(F)c1F. The van der Waals surface area contributed by atoms with Crippen molar-refractivity contribution >= 4 is 6.21 Å². The van der Waals surface area contributed by atoms with Crippen molar-refractivity contribution in [2.75, 3.05) is 0 Å². The summed E-state index contributed by atoms with van der Waals surface area (Å²) in [6.07, 6.45) is 3.84. The van der Waals surface area contributed by atoms with Crippen molar-refractivity contribution < 1.29 is 26.8 Å². The van der Waals surface area contributed by atoms with E-state index in [4.69, 9.17) is 0 Å². The lowest BCUT2D eigenvalue weighted by Crippen LogP contribution is -2.07. The van der Waals surface area contributed by atoms with E-state index in [2.05, 4.69) is 9.99 Å². The van der Waals surface area contributed by atoms with Crippen LogP contribution in [0.1, 0.15) is 25.8 Å². The molecule has 0 heterocycles. The molecule has 0 amide bonds. The molecule has 0 saturated heterocycles. The number of hydrogen-bond donors (Lipinski definition) is 0. The van der Waals surface area contributed by atoms with Gasteiger partial charge in [0, 0.05) is 0 Å². The maximum absolute atomic E-state index is 13.2. The van der Waals surface area contributed by atoms with Gasteiger partial charge in [-0.15, -0.1) is 0 Å². The molecule has 1 aromatic carbocycles. The molecule has 0 aliphatic heterocycles. The van der Waals surface area contributed by atoms with E-state index in [9.17, 15) is 22.0 Å². The Kier molecular flexibility index (Phi) is 5.66. The van der Waals surface area contributed by atoms with Crippen LogP contribution in [0.3, 0.4) is 0 Å². The number of hydrogen-bond acceptors (Lipinski definition) is 2. The Morgan fingerprint density at radius 1 is 1.00 bits per heavy atom. The summed E-state index contributed by atoms with van der Waals surface area (Å²) < 4.78 is 65.0. The quantitative estimate of drug-likeness (QED) is 0.261. The van der Waals surface area contributed by atoms with Crippen molar-refractivity contribution in [1.29, 1.82) is 0 Å². The van der Waals surface area contributed by atoms with E-state index in [-0.39, 0.29) is 0 Å². The van der Waals surface area contributed by atoms with Crippen molar-refractivity contribution in [3.63, 3.8) is 0 Å². The largest absolute Gasteiger partial charge is 0.391 e. The Hall–Kier alpha value is -1.92. The molecule has 0 fully saturated rings. The molecule has 1 rings (SSSR count). The molecule has 0 atom stereocenters. The fraction of sp³-hybridized carbons (Fsp3) is 0.308. The molecule has 7 heteroatoms. The fourth-order valence-corrected chi connectivity index (χ4v) is 1.37. The van der Waals surface area contributed by atoms with Crippen LogP contribution in [-0.2, 0) is 11.4 Å². The number of allylic oxidation sites excluding steroid dienone is 2. The van der Waals surface area contributed by atoms with Gasteiger partial charge < -0.3 is 4.84 Å². The van der Waals surface area contributed by atoms with Crippen LogP contribution in [0.25, 0.3) is 0 Å². The van der Waals surface area contributed by atoms with Crippen molar-refractivity contribution in [2.45, 2.75) is 26.9 Å². The van der Waals surface area contributed by atoms with E-state index in [1.807, 2.05) is 13.0 Å². The lowest BCUT2D eigenvalue weighted by molar-refractivity contribution is 0.124. The molecule has 110 valence electrons. The normalized spacial score (nSPS) is 12.2. The Morgan fingerprint density at radius 3 is 2.00 bits per heavy atom. The maximum atomic E-state index is 13.2. The molecule has 0 spiro atoms. The highest BCUT2D eigenvalue weighted by Gasteiger charge is 2.25. The van der Waals surface area contributed by atoms with Gasteiger partial charge in [0.1, 0.15) is 6.61 Å². The minimum absolute atomic E-state index is 0.741. The van der Waals surface area contributed by atoms with Crippen LogP contribution in [0, 0.1) is 29.1 Å². The van der Waals surface area contributed by atoms with Crippen LogP contribution in [0.2, 0.25) is 0 Å². The summed E-state index contributed by atoms with van der Waals surface area (Å²) >= 11 is 0. The third-order valence-corrected chi connectivity index (χ3v) is 2.37. The summed E-state index contributed by atoms with van der Waals surface area (Å²) in [5, 5.41) is 3.38. The molecule has 20 heavy (non-hydrogen) atoms. The van der Waals surface area contributed by atoms with Gasteiger partial charge in [0.15, 0.2) is 23.3 Å². The topological polar surface area (TPSA) is 21.6 Å². The smallest absolute Gasteiger partial charge is 0.200 e. The molecule has 0 aliphatic rings. The highest BCUT2D eigenvalue weighted by atomic mass is 19.2. The molecule has 0 N–H and O–H groups in total. The van der Waals surface area contributed by atoms with Crippen LogP contribution < -0.4 is 0 Å². The zero-order valence-electron chi connectivity index (χ0n) is 10.8. The average molecular weight is 293 g/mol. The van der Waals surface area contributed by atoms with Crippen molar-refractivity contribution in [1.82, 2.24) is 0 Å². The second kappa shape index (κ2) is 7.02. The third-order valence-electron chi connectivity index (χ3n) is 2.37. The monoisotopic (exact) mass is 293 g/mol. The predicted molar refractivity (Wildman–Crippen MR) is 63.6 cm³/mol. The Bertz CT molecular complexity index is 525. The van der Waals surface area contributed by atoms with Crippen LogP contribution in [0.15, 0.2) is 16.8 Å². The second-order valence-electron chi connectivity index (χ2n) is 3.91. The lowest BCUT2D eigenvalue weighted by atomic mass is 10.2. The first kappa shape index (κ1) is 16.1. The number of halogens is 5. The van der Waals surface area contributed by atoms with Gasteiger partial charge in [0.2, 0.25) is 5.82 Å². The summed E-state index contributed by atoms with van der Waals surface area (Å²) in [5.74, 6) is -10.1. The molecule has 0 radical (unpaired) electrons. The van der Waals surface area contributed by atoms with Gasteiger partial charge in [-0.25, -0.2) is 22.0 Å². The third kappa shape index (κ3) is 3.55. The van der Waals surface area contributed by atoms with E-state index in [1.54, 1.807) is 6.92 Å². The summed E-state index contributed by atoms with van der Waals surface area (Å²) in [6.45, 7) is 2.75. The first-order valence-electron chi connectivity index (χ1n) is 5.72. The minimum Gasteiger partial charge on any atom is -0.391 e. The minimum atomic E-state index is -2.20. The lowest BCUT2D eigenvalue weighted by Gasteiger charge is -2.06. The Balaban J connectivity index is 2.87. The van der Waals surface area contributed by atoms with Gasteiger partial charge >= 0.3 is 0 Å². The van der Waals surface area contributed by atoms with Gasteiger partial charge in [-0.3, -0.25) is 0 Å².